The zero-order chi connectivity index (χ0) is 27.2. The third kappa shape index (κ3) is 8.02. The maximum absolute atomic E-state index is 13.7. The van der Waals surface area contributed by atoms with Gasteiger partial charge >= 0.3 is 6.09 Å². The lowest BCUT2D eigenvalue weighted by molar-refractivity contribution is -0.110. The van der Waals surface area contributed by atoms with E-state index in [1.165, 1.54) is 0 Å². The van der Waals surface area contributed by atoms with Crippen LogP contribution in [0.2, 0.25) is 0 Å². The second-order valence-corrected chi connectivity index (χ2v) is 9.10. The third-order valence-corrected chi connectivity index (χ3v) is 5.03. The molecule has 0 bridgehead atoms. The number of halogens is 4. The molecule has 1 aliphatic rings. The van der Waals surface area contributed by atoms with E-state index in [1.807, 2.05) is 0 Å². The number of benzene rings is 1. The minimum Gasteiger partial charge on any atom is -0.485 e. The summed E-state index contributed by atoms with van der Waals surface area (Å²) >= 11 is 0. The van der Waals surface area contributed by atoms with Crippen molar-refractivity contribution in [3.8, 4) is 5.75 Å². The smallest absolute Gasteiger partial charge is 0.410 e. The largest absolute Gasteiger partial charge is 0.485 e. The van der Waals surface area contributed by atoms with Crippen molar-refractivity contribution in [2.45, 2.75) is 51.9 Å². The van der Waals surface area contributed by atoms with E-state index >= 15 is 0 Å². The number of ether oxygens (including phenoxy) is 2. The van der Waals surface area contributed by atoms with Crippen molar-refractivity contribution in [3.63, 3.8) is 0 Å². The predicted octanol–water partition coefficient (Wildman–Crippen LogP) is 3.53. The molecule has 0 atom stereocenters. The van der Waals surface area contributed by atoms with E-state index < -0.39 is 46.9 Å². The van der Waals surface area contributed by atoms with E-state index in [2.05, 4.69) is 25.8 Å². The SMILES string of the molecule is CC(C)(C)OC(=O)N1CCC(N/N=C\C(=O)Nc2ncc(OCc3c(F)c(F)cc(F)c3F)cn2)CC1. The summed E-state index contributed by atoms with van der Waals surface area (Å²) in [6.45, 7) is 5.57. The summed E-state index contributed by atoms with van der Waals surface area (Å²) in [5.74, 6) is -7.02. The Balaban J connectivity index is 1.42. The molecule has 14 heteroatoms. The van der Waals surface area contributed by atoms with Gasteiger partial charge in [-0.1, -0.05) is 0 Å². The maximum Gasteiger partial charge on any atom is 0.410 e. The maximum atomic E-state index is 13.7. The van der Waals surface area contributed by atoms with Crippen molar-refractivity contribution in [1.29, 1.82) is 0 Å². The number of amides is 2. The lowest BCUT2D eigenvalue weighted by Crippen LogP contribution is -2.45. The predicted molar refractivity (Wildman–Crippen MR) is 124 cm³/mol. The molecular weight excluding hydrogens is 500 g/mol. The number of piperidine rings is 1. The van der Waals surface area contributed by atoms with Crippen LogP contribution in [0.3, 0.4) is 0 Å². The molecule has 0 unspecified atom stereocenters. The highest BCUT2D eigenvalue weighted by molar-refractivity contribution is 6.31. The van der Waals surface area contributed by atoms with Gasteiger partial charge in [0.2, 0.25) is 5.95 Å². The monoisotopic (exact) mass is 526 g/mol. The number of hydrogen-bond acceptors (Lipinski definition) is 8. The summed E-state index contributed by atoms with van der Waals surface area (Å²) in [5, 5.41) is 6.26. The molecule has 2 aromatic rings. The van der Waals surface area contributed by atoms with Crippen LogP contribution < -0.4 is 15.5 Å². The van der Waals surface area contributed by atoms with Crippen LogP contribution in [0.4, 0.5) is 28.3 Å². The summed E-state index contributed by atoms with van der Waals surface area (Å²) in [4.78, 5) is 33.4. The van der Waals surface area contributed by atoms with Crippen LogP contribution in [0.5, 0.6) is 5.75 Å². The molecule has 0 radical (unpaired) electrons. The molecule has 1 fully saturated rings. The van der Waals surface area contributed by atoms with Crippen LogP contribution >= 0.6 is 0 Å². The van der Waals surface area contributed by atoms with Crippen molar-refractivity contribution in [3.05, 3.63) is 47.3 Å². The lowest BCUT2D eigenvalue weighted by atomic mass is 10.1. The van der Waals surface area contributed by atoms with Gasteiger partial charge in [0.05, 0.1) is 18.0 Å². The second kappa shape index (κ2) is 11.8. The van der Waals surface area contributed by atoms with E-state index in [1.54, 1.807) is 25.7 Å². The first-order valence-electron chi connectivity index (χ1n) is 11.3. The van der Waals surface area contributed by atoms with Gasteiger partial charge in [-0.15, -0.1) is 0 Å². The summed E-state index contributed by atoms with van der Waals surface area (Å²) in [6, 6.07) is 0.0692. The van der Waals surface area contributed by atoms with Gasteiger partial charge in [-0.3, -0.25) is 10.1 Å². The first kappa shape index (κ1) is 27.6. The van der Waals surface area contributed by atoms with Crippen molar-refractivity contribution >= 4 is 24.2 Å². The van der Waals surface area contributed by atoms with Crippen LogP contribution in [-0.4, -0.2) is 57.8 Å². The molecule has 37 heavy (non-hydrogen) atoms. The lowest BCUT2D eigenvalue weighted by Gasteiger charge is -2.33. The number of carbonyl (C=O) groups excluding carboxylic acids is 2. The highest BCUT2D eigenvalue weighted by Gasteiger charge is 2.26. The minimum atomic E-state index is -1.56. The Kier molecular flexibility index (Phi) is 8.84. The zero-order valence-corrected chi connectivity index (χ0v) is 20.4. The first-order chi connectivity index (χ1) is 17.4. The van der Waals surface area contributed by atoms with Crippen LogP contribution in [0.25, 0.3) is 0 Å². The molecule has 2 heterocycles. The van der Waals surface area contributed by atoms with E-state index in [0.717, 1.165) is 18.6 Å². The molecule has 1 aromatic carbocycles. The molecule has 0 saturated carbocycles. The Bertz CT molecular complexity index is 1120. The van der Waals surface area contributed by atoms with Gasteiger partial charge in [0.1, 0.15) is 18.4 Å². The van der Waals surface area contributed by atoms with Crippen LogP contribution in [0.15, 0.2) is 23.6 Å². The molecule has 3 rings (SSSR count). The van der Waals surface area contributed by atoms with Crippen molar-refractivity contribution in [2.24, 2.45) is 5.10 Å². The zero-order valence-electron chi connectivity index (χ0n) is 20.4. The number of nitrogens with one attached hydrogen (secondary N) is 2. The van der Waals surface area contributed by atoms with Crippen molar-refractivity contribution in [2.75, 3.05) is 18.4 Å². The Morgan fingerprint density at radius 2 is 1.70 bits per heavy atom. The van der Waals surface area contributed by atoms with Gasteiger partial charge in [-0.25, -0.2) is 32.3 Å². The molecule has 2 N–H and O–H groups in total. The average molecular weight is 526 g/mol. The number of nitrogens with zero attached hydrogens (tertiary/aromatic N) is 4. The molecule has 1 aliphatic heterocycles. The van der Waals surface area contributed by atoms with Gasteiger partial charge < -0.3 is 19.8 Å². The number of aromatic nitrogens is 2. The van der Waals surface area contributed by atoms with E-state index in [4.69, 9.17) is 9.47 Å². The van der Waals surface area contributed by atoms with Gasteiger partial charge in [0, 0.05) is 25.2 Å². The number of carbonyl (C=O) groups is 2. The van der Waals surface area contributed by atoms with Crippen molar-refractivity contribution in [1.82, 2.24) is 20.3 Å². The third-order valence-electron chi connectivity index (χ3n) is 5.03. The Labute approximate surface area is 210 Å². The van der Waals surface area contributed by atoms with E-state index in [9.17, 15) is 27.2 Å². The molecular formula is C23H26F4N6O4. The molecule has 0 spiro atoms. The van der Waals surface area contributed by atoms with E-state index in [-0.39, 0.29) is 29.9 Å². The summed E-state index contributed by atoms with van der Waals surface area (Å²) in [6.07, 6.45) is 4.08. The van der Waals surface area contributed by atoms with Crippen LogP contribution in [0.1, 0.15) is 39.2 Å². The fraction of sp³-hybridized carbons (Fsp3) is 0.435. The number of hydrogen-bond donors (Lipinski definition) is 2. The molecule has 1 aromatic heterocycles. The number of rotatable bonds is 7. The number of likely N-dealkylation sites (tertiary alicyclic amines) is 1. The molecule has 0 aliphatic carbocycles. The average Bonchev–Trinajstić information content (AvgIpc) is 2.83. The minimum absolute atomic E-state index is 0.0309. The normalized spacial score (nSPS) is 14.5. The fourth-order valence-corrected chi connectivity index (χ4v) is 3.22. The summed E-state index contributed by atoms with van der Waals surface area (Å²) in [7, 11) is 0. The highest BCUT2D eigenvalue weighted by Crippen LogP contribution is 2.21. The van der Waals surface area contributed by atoms with Crippen molar-refractivity contribution < 1.29 is 36.6 Å². The Morgan fingerprint density at radius 1 is 1.11 bits per heavy atom. The molecule has 1 saturated heterocycles. The standard InChI is InChI=1S/C23H26F4N6O4/c1-23(2,3)37-22(35)33-6-4-13(5-7-33)32-30-11-18(34)31-21-28-9-14(10-29-21)36-12-15-19(26)16(24)8-17(25)20(15)27/h8-11,13,32H,4-7,12H2,1-3H3,(H,28,29,31,34)/b30-11-. The Morgan fingerprint density at radius 3 is 2.27 bits per heavy atom. The van der Waals surface area contributed by atoms with Crippen LogP contribution in [0, 0.1) is 23.3 Å². The molecule has 10 nitrogen and oxygen atoms in total. The summed E-state index contributed by atoms with van der Waals surface area (Å²) in [5.41, 5.74) is 1.37. The first-order valence-corrected chi connectivity index (χ1v) is 11.3. The topological polar surface area (TPSA) is 118 Å². The van der Waals surface area contributed by atoms with Gasteiger partial charge in [-0.2, -0.15) is 5.10 Å². The number of hydrazone groups is 1. The highest BCUT2D eigenvalue weighted by atomic mass is 19.2. The second-order valence-electron chi connectivity index (χ2n) is 9.10. The van der Waals surface area contributed by atoms with E-state index in [0.29, 0.717) is 25.9 Å². The Hall–Kier alpha value is -3.97. The molecule has 2 amide bonds. The van der Waals surface area contributed by atoms with Gasteiger partial charge in [0.25, 0.3) is 5.91 Å². The fourth-order valence-electron chi connectivity index (χ4n) is 3.22. The van der Waals surface area contributed by atoms with Crippen LogP contribution in [-0.2, 0) is 16.1 Å². The van der Waals surface area contributed by atoms with Gasteiger partial charge in [-0.05, 0) is 33.6 Å². The van der Waals surface area contributed by atoms with Gasteiger partial charge in [0.15, 0.2) is 29.0 Å². The molecule has 200 valence electrons. The quantitative estimate of drug-likeness (QED) is 0.245. The summed E-state index contributed by atoms with van der Waals surface area (Å²) < 4.78 is 64.4. The number of anilines is 1.